The second-order valence-corrected chi connectivity index (χ2v) is 6.33. The van der Waals surface area contributed by atoms with Crippen LogP contribution in [-0.2, 0) is 10.0 Å². The molecule has 0 aliphatic heterocycles. The van der Waals surface area contributed by atoms with Crippen LogP contribution in [0.3, 0.4) is 0 Å². The van der Waals surface area contributed by atoms with Crippen LogP contribution in [0.15, 0.2) is 4.40 Å². The first kappa shape index (κ1) is 14.4. The molecule has 0 aromatic carbocycles. The fourth-order valence-electron chi connectivity index (χ4n) is 0.703. The molecule has 0 unspecified atom stereocenters. The summed E-state index contributed by atoms with van der Waals surface area (Å²) in [7, 11) is 0.00682. The highest BCUT2D eigenvalue weighted by Crippen LogP contribution is 2.20. The summed E-state index contributed by atoms with van der Waals surface area (Å²) in [5, 5.41) is 8.97. The molecule has 0 saturated heterocycles. The molecule has 0 aliphatic rings. The quantitative estimate of drug-likeness (QED) is 0.532. The van der Waals surface area contributed by atoms with Gasteiger partial charge in [-0.15, -0.1) is 0 Å². The molecule has 1 N–H and O–H groups in total. The van der Waals surface area contributed by atoms with Gasteiger partial charge in [-0.1, -0.05) is 13.8 Å². The Kier molecular flexibility index (Phi) is 5.23. The first-order valence-electron chi connectivity index (χ1n) is 4.74. The molecule has 90 valence electrons. The maximum Gasteiger partial charge on any atom is 0.254 e. The third-order valence-corrected chi connectivity index (χ3v) is 3.04. The van der Waals surface area contributed by atoms with Crippen molar-refractivity contribution in [2.75, 3.05) is 26.5 Å². The molecule has 0 fully saturated rings. The number of sulfonamides is 1. The van der Waals surface area contributed by atoms with Crippen LogP contribution in [0.1, 0.15) is 20.3 Å². The molecule has 0 saturated carbocycles. The van der Waals surface area contributed by atoms with Gasteiger partial charge < -0.3 is 10.0 Å². The maximum atomic E-state index is 11.4. The number of hydrogen-bond acceptors (Lipinski definition) is 3. The highest BCUT2D eigenvalue weighted by molar-refractivity contribution is 7.90. The molecule has 0 atom stereocenters. The number of nitrogens with zero attached hydrogens (tertiary/aromatic N) is 2. The van der Waals surface area contributed by atoms with Gasteiger partial charge in [-0.25, -0.2) is 8.42 Å². The predicted molar refractivity (Wildman–Crippen MR) is 61.4 cm³/mol. The highest BCUT2D eigenvalue weighted by atomic mass is 32.2. The lowest BCUT2D eigenvalue weighted by Crippen LogP contribution is -2.21. The minimum absolute atomic E-state index is 0.0279. The summed E-state index contributed by atoms with van der Waals surface area (Å²) in [5.74, 6) is -0.0368. The number of aliphatic hydroxyl groups excluding tert-OH is 1. The lowest BCUT2D eigenvalue weighted by Gasteiger charge is -2.20. The van der Waals surface area contributed by atoms with Gasteiger partial charge in [0.15, 0.2) is 0 Å². The van der Waals surface area contributed by atoms with Crippen molar-refractivity contribution < 1.29 is 13.5 Å². The Morgan fingerprint density at radius 1 is 1.40 bits per heavy atom. The Balaban J connectivity index is 4.29. The number of aliphatic hydroxyl groups is 1. The summed E-state index contributed by atoms with van der Waals surface area (Å²) in [6, 6.07) is 0. The normalized spacial score (nSPS) is 13.4. The van der Waals surface area contributed by atoms with Crippen LogP contribution in [0.25, 0.3) is 0 Å². The largest absolute Gasteiger partial charge is 0.396 e. The monoisotopic (exact) mass is 236 g/mol. The van der Waals surface area contributed by atoms with Gasteiger partial charge in [0, 0.05) is 20.7 Å². The Morgan fingerprint density at radius 2 is 1.93 bits per heavy atom. The van der Waals surface area contributed by atoms with Gasteiger partial charge >= 0.3 is 0 Å². The summed E-state index contributed by atoms with van der Waals surface area (Å²) >= 11 is 0. The van der Waals surface area contributed by atoms with Gasteiger partial charge in [0.1, 0.15) is 6.34 Å². The second-order valence-electron chi connectivity index (χ2n) is 4.54. The molecular formula is C9H20N2O3S. The van der Waals surface area contributed by atoms with Gasteiger partial charge in [0.2, 0.25) is 0 Å². The SMILES string of the molecule is CN(C)C=NS(=O)(=O)CCC(C)(C)CO. The van der Waals surface area contributed by atoms with E-state index >= 15 is 0 Å². The van der Waals surface area contributed by atoms with Gasteiger partial charge in [-0.3, -0.25) is 0 Å². The van der Waals surface area contributed by atoms with Crippen molar-refractivity contribution in [1.29, 1.82) is 0 Å². The van der Waals surface area contributed by atoms with Crippen LogP contribution in [0.2, 0.25) is 0 Å². The van der Waals surface area contributed by atoms with Crippen LogP contribution in [0.4, 0.5) is 0 Å². The average Bonchev–Trinajstić information content (AvgIpc) is 2.13. The topological polar surface area (TPSA) is 70.0 Å². The zero-order valence-electron chi connectivity index (χ0n) is 9.77. The summed E-state index contributed by atoms with van der Waals surface area (Å²) in [5.41, 5.74) is -0.374. The first-order chi connectivity index (χ1) is 6.68. The van der Waals surface area contributed by atoms with E-state index in [0.717, 1.165) is 0 Å². The van der Waals surface area contributed by atoms with Crippen molar-refractivity contribution in [3.63, 3.8) is 0 Å². The van der Waals surface area contributed by atoms with Gasteiger partial charge in [0.25, 0.3) is 10.0 Å². The van der Waals surface area contributed by atoms with E-state index in [-0.39, 0.29) is 17.8 Å². The Labute approximate surface area is 91.9 Å². The summed E-state index contributed by atoms with van der Waals surface area (Å²) in [6.45, 7) is 3.61. The van der Waals surface area contributed by atoms with E-state index in [9.17, 15) is 8.42 Å². The first-order valence-corrected chi connectivity index (χ1v) is 6.35. The molecule has 15 heavy (non-hydrogen) atoms. The zero-order chi connectivity index (χ0) is 12.1. The fourth-order valence-corrected chi connectivity index (χ4v) is 1.95. The second kappa shape index (κ2) is 5.46. The predicted octanol–water partition coefficient (Wildman–Crippen LogP) is 0.315. The van der Waals surface area contributed by atoms with E-state index in [1.54, 1.807) is 19.0 Å². The minimum Gasteiger partial charge on any atom is -0.396 e. The number of hydrogen-bond donors (Lipinski definition) is 1. The average molecular weight is 236 g/mol. The summed E-state index contributed by atoms with van der Waals surface area (Å²) in [4.78, 5) is 1.56. The standard InChI is InChI=1S/C9H20N2O3S/c1-9(2,7-12)5-6-15(13,14)10-8-11(3)4/h8,12H,5-7H2,1-4H3. The molecule has 0 spiro atoms. The van der Waals surface area contributed by atoms with E-state index in [2.05, 4.69) is 4.40 Å². The van der Waals surface area contributed by atoms with Crippen molar-refractivity contribution in [2.24, 2.45) is 9.81 Å². The van der Waals surface area contributed by atoms with E-state index < -0.39 is 10.0 Å². The van der Waals surface area contributed by atoms with Crippen molar-refractivity contribution in [2.45, 2.75) is 20.3 Å². The molecular weight excluding hydrogens is 216 g/mol. The van der Waals surface area contributed by atoms with Crippen molar-refractivity contribution in [3.05, 3.63) is 0 Å². The van der Waals surface area contributed by atoms with Gasteiger partial charge in [0.05, 0.1) is 5.75 Å². The molecule has 0 heterocycles. The molecule has 0 aliphatic carbocycles. The molecule has 0 amide bonds. The van der Waals surface area contributed by atoms with Crippen molar-refractivity contribution in [3.8, 4) is 0 Å². The van der Waals surface area contributed by atoms with Crippen LogP contribution >= 0.6 is 0 Å². The third-order valence-electron chi connectivity index (χ3n) is 1.90. The summed E-state index contributed by atoms with van der Waals surface area (Å²) in [6.07, 6.45) is 1.66. The maximum absolute atomic E-state index is 11.4. The van der Waals surface area contributed by atoms with E-state index in [1.807, 2.05) is 13.8 Å². The Hall–Kier alpha value is -0.620. The Morgan fingerprint density at radius 3 is 2.33 bits per heavy atom. The molecule has 0 aromatic rings. The smallest absolute Gasteiger partial charge is 0.254 e. The summed E-state index contributed by atoms with van der Waals surface area (Å²) < 4.78 is 26.3. The van der Waals surface area contributed by atoms with Crippen molar-refractivity contribution in [1.82, 2.24) is 4.90 Å². The van der Waals surface area contributed by atoms with E-state index in [1.165, 1.54) is 6.34 Å². The van der Waals surface area contributed by atoms with E-state index in [0.29, 0.717) is 6.42 Å². The fraction of sp³-hybridized carbons (Fsp3) is 0.889. The van der Waals surface area contributed by atoms with Gasteiger partial charge in [-0.05, 0) is 11.8 Å². The van der Waals surface area contributed by atoms with Crippen molar-refractivity contribution >= 4 is 16.4 Å². The molecule has 0 aromatic heterocycles. The lowest BCUT2D eigenvalue weighted by atomic mass is 9.92. The van der Waals surface area contributed by atoms with Crippen LogP contribution in [0.5, 0.6) is 0 Å². The van der Waals surface area contributed by atoms with Crippen LogP contribution in [0, 0.1) is 5.41 Å². The molecule has 0 rings (SSSR count). The molecule has 0 bridgehead atoms. The lowest BCUT2D eigenvalue weighted by molar-refractivity contribution is 0.156. The minimum atomic E-state index is -3.40. The molecule has 6 heteroatoms. The van der Waals surface area contributed by atoms with Gasteiger partial charge in [-0.2, -0.15) is 4.40 Å². The molecule has 0 radical (unpaired) electrons. The Bertz CT molecular complexity index is 307. The van der Waals surface area contributed by atoms with Crippen LogP contribution < -0.4 is 0 Å². The van der Waals surface area contributed by atoms with E-state index in [4.69, 9.17) is 5.11 Å². The zero-order valence-corrected chi connectivity index (χ0v) is 10.6. The third kappa shape index (κ3) is 7.33. The highest BCUT2D eigenvalue weighted by Gasteiger charge is 2.20. The van der Waals surface area contributed by atoms with Crippen LogP contribution in [-0.4, -0.2) is 51.2 Å². The molecule has 5 nitrogen and oxygen atoms in total. The number of rotatable bonds is 6.